The normalized spacial score (nSPS) is 13.2. The number of hydrogen-bond donors (Lipinski definition) is 4. The standard InChI is InChI=1S/C28H32FN3O5/c1-17(2)26-24(13-12-22(33)14-23(34)15-25(35)36)32(21-10-8-20(29)9-11-21)31-27(26)28(37)30-16-19-7-5-4-6-18(19)3/h4-13,17,22-23,33-34H,14-16H2,1-3H3,(H,30,37)(H,35,36)/b13-12+. The molecule has 0 bridgehead atoms. The van der Waals surface area contributed by atoms with Gasteiger partial charge in [-0.25, -0.2) is 9.07 Å². The first-order valence-corrected chi connectivity index (χ1v) is 12.0. The fourth-order valence-electron chi connectivity index (χ4n) is 4.03. The monoisotopic (exact) mass is 509 g/mol. The van der Waals surface area contributed by atoms with Gasteiger partial charge in [0.25, 0.3) is 5.91 Å². The first-order chi connectivity index (χ1) is 17.6. The topological polar surface area (TPSA) is 125 Å². The number of benzene rings is 2. The minimum atomic E-state index is -1.22. The molecule has 1 amide bonds. The van der Waals surface area contributed by atoms with Gasteiger partial charge in [-0.05, 0) is 54.3 Å². The van der Waals surface area contributed by atoms with E-state index < -0.39 is 30.4 Å². The zero-order valence-corrected chi connectivity index (χ0v) is 21.1. The molecule has 0 aliphatic heterocycles. The van der Waals surface area contributed by atoms with Crippen molar-refractivity contribution in [2.75, 3.05) is 0 Å². The molecule has 3 rings (SSSR count). The number of aliphatic carboxylic acids is 1. The third-order valence-electron chi connectivity index (χ3n) is 5.92. The van der Waals surface area contributed by atoms with Crippen molar-refractivity contribution in [2.24, 2.45) is 0 Å². The van der Waals surface area contributed by atoms with Crippen LogP contribution in [0.25, 0.3) is 11.8 Å². The van der Waals surface area contributed by atoms with Gasteiger partial charge < -0.3 is 20.6 Å². The number of carbonyl (C=O) groups is 2. The smallest absolute Gasteiger partial charge is 0.305 e. The molecule has 3 aromatic rings. The number of amides is 1. The summed E-state index contributed by atoms with van der Waals surface area (Å²) < 4.78 is 15.1. The lowest BCUT2D eigenvalue weighted by atomic mass is 9.98. The number of halogens is 1. The van der Waals surface area contributed by atoms with Gasteiger partial charge in [-0.2, -0.15) is 5.10 Å². The second-order valence-electron chi connectivity index (χ2n) is 9.21. The third kappa shape index (κ3) is 7.34. The molecule has 0 saturated heterocycles. The Morgan fingerprint density at radius 3 is 2.41 bits per heavy atom. The van der Waals surface area contributed by atoms with Crippen molar-refractivity contribution >= 4 is 18.0 Å². The third-order valence-corrected chi connectivity index (χ3v) is 5.92. The Bertz CT molecular complexity index is 1270. The van der Waals surface area contributed by atoms with Crippen molar-refractivity contribution < 1.29 is 29.3 Å². The molecule has 1 heterocycles. The van der Waals surface area contributed by atoms with Crippen LogP contribution in [0.2, 0.25) is 0 Å². The predicted octanol–water partition coefficient (Wildman–Crippen LogP) is 3.97. The molecule has 8 nitrogen and oxygen atoms in total. The highest BCUT2D eigenvalue weighted by atomic mass is 19.1. The van der Waals surface area contributed by atoms with Gasteiger partial charge in [-0.1, -0.05) is 44.2 Å². The molecule has 9 heteroatoms. The Morgan fingerprint density at radius 2 is 1.78 bits per heavy atom. The Labute approximate surface area is 215 Å². The minimum Gasteiger partial charge on any atom is -0.481 e. The van der Waals surface area contributed by atoms with Crippen LogP contribution >= 0.6 is 0 Å². The van der Waals surface area contributed by atoms with Gasteiger partial charge in [0.05, 0.1) is 30.0 Å². The van der Waals surface area contributed by atoms with E-state index in [0.717, 1.165) is 11.1 Å². The Kier molecular flexibility index (Phi) is 9.32. The largest absolute Gasteiger partial charge is 0.481 e. The van der Waals surface area contributed by atoms with E-state index in [1.54, 1.807) is 6.08 Å². The molecule has 0 aliphatic carbocycles. The van der Waals surface area contributed by atoms with Crippen molar-refractivity contribution in [1.29, 1.82) is 0 Å². The number of aliphatic hydroxyl groups excluding tert-OH is 2. The highest BCUT2D eigenvalue weighted by Crippen LogP contribution is 2.28. The van der Waals surface area contributed by atoms with E-state index >= 15 is 0 Å². The molecule has 2 unspecified atom stereocenters. The minimum absolute atomic E-state index is 0.136. The van der Waals surface area contributed by atoms with Gasteiger partial charge in [-0.3, -0.25) is 9.59 Å². The predicted molar refractivity (Wildman–Crippen MR) is 138 cm³/mol. The Balaban J connectivity index is 1.98. The molecule has 2 atom stereocenters. The summed E-state index contributed by atoms with van der Waals surface area (Å²) in [5, 5.41) is 36.6. The maximum absolute atomic E-state index is 13.6. The molecule has 0 saturated carbocycles. The van der Waals surface area contributed by atoms with E-state index in [0.29, 0.717) is 23.5 Å². The number of nitrogens with one attached hydrogen (secondary N) is 1. The number of carboxylic acid groups (broad SMARTS) is 1. The second-order valence-corrected chi connectivity index (χ2v) is 9.21. The van der Waals surface area contributed by atoms with Gasteiger partial charge in [0, 0.05) is 18.5 Å². The quantitative estimate of drug-likeness (QED) is 0.310. The Morgan fingerprint density at radius 1 is 1.11 bits per heavy atom. The number of carboxylic acids is 1. The van der Waals surface area contributed by atoms with Crippen molar-refractivity contribution in [2.45, 2.75) is 58.3 Å². The van der Waals surface area contributed by atoms with Crippen LogP contribution in [0.15, 0.2) is 54.6 Å². The number of rotatable bonds is 11. The number of hydrogen-bond acceptors (Lipinski definition) is 5. The Hall–Kier alpha value is -3.82. The lowest BCUT2D eigenvalue weighted by Crippen LogP contribution is -2.25. The first-order valence-electron chi connectivity index (χ1n) is 12.0. The molecule has 0 fully saturated rings. The summed E-state index contributed by atoms with van der Waals surface area (Å²) in [4.78, 5) is 24.1. The van der Waals surface area contributed by atoms with Crippen LogP contribution in [0.4, 0.5) is 4.39 Å². The number of aryl methyl sites for hydroxylation is 1. The fraction of sp³-hybridized carbons (Fsp3) is 0.321. The SMILES string of the molecule is Cc1ccccc1CNC(=O)c1nn(-c2ccc(F)cc2)c(/C=C/C(O)CC(O)CC(=O)O)c1C(C)C. The highest BCUT2D eigenvalue weighted by molar-refractivity contribution is 5.95. The second kappa shape index (κ2) is 12.4. The summed E-state index contributed by atoms with van der Waals surface area (Å²) in [6, 6.07) is 13.4. The van der Waals surface area contributed by atoms with Gasteiger partial charge in [-0.15, -0.1) is 0 Å². The van der Waals surface area contributed by atoms with E-state index in [-0.39, 0.29) is 23.9 Å². The van der Waals surface area contributed by atoms with Crippen LogP contribution in [0, 0.1) is 12.7 Å². The maximum atomic E-state index is 13.6. The van der Waals surface area contributed by atoms with Crippen LogP contribution in [-0.2, 0) is 11.3 Å². The zero-order valence-electron chi connectivity index (χ0n) is 21.1. The fourth-order valence-corrected chi connectivity index (χ4v) is 4.03. The maximum Gasteiger partial charge on any atom is 0.305 e. The molecule has 0 spiro atoms. The van der Waals surface area contributed by atoms with E-state index in [4.69, 9.17) is 5.11 Å². The molecule has 196 valence electrons. The average molecular weight is 510 g/mol. The van der Waals surface area contributed by atoms with Crippen LogP contribution < -0.4 is 5.32 Å². The summed E-state index contributed by atoms with van der Waals surface area (Å²) in [7, 11) is 0. The van der Waals surface area contributed by atoms with Gasteiger partial charge in [0.2, 0.25) is 0 Å². The summed E-state index contributed by atoms with van der Waals surface area (Å²) in [6.07, 6.45) is -0.00381. The van der Waals surface area contributed by atoms with Gasteiger partial charge in [0.1, 0.15) is 5.82 Å². The van der Waals surface area contributed by atoms with Crippen LogP contribution in [0.3, 0.4) is 0 Å². The zero-order chi connectivity index (χ0) is 27.1. The van der Waals surface area contributed by atoms with Crippen molar-refractivity contribution in [3.05, 3.63) is 88.5 Å². The van der Waals surface area contributed by atoms with Crippen molar-refractivity contribution in [3.63, 3.8) is 0 Å². The van der Waals surface area contributed by atoms with Crippen molar-refractivity contribution in [1.82, 2.24) is 15.1 Å². The molecule has 0 radical (unpaired) electrons. The first kappa shape index (κ1) is 27.8. The van der Waals surface area contributed by atoms with Crippen LogP contribution in [-0.4, -0.2) is 49.2 Å². The number of carbonyl (C=O) groups excluding carboxylic acids is 1. The number of nitrogens with zero attached hydrogens (tertiary/aromatic N) is 2. The molecular weight excluding hydrogens is 477 g/mol. The molecule has 4 N–H and O–H groups in total. The molecule has 37 heavy (non-hydrogen) atoms. The van der Waals surface area contributed by atoms with Crippen molar-refractivity contribution in [3.8, 4) is 5.69 Å². The molecular formula is C28H32FN3O5. The summed E-state index contributed by atoms with van der Waals surface area (Å²) in [5.74, 6) is -2.10. The highest BCUT2D eigenvalue weighted by Gasteiger charge is 2.25. The van der Waals surface area contributed by atoms with Crippen LogP contribution in [0.5, 0.6) is 0 Å². The van der Waals surface area contributed by atoms with E-state index in [1.165, 1.54) is 35.0 Å². The molecule has 1 aromatic heterocycles. The molecule has 0 aliphatic rings. The van der Waals surface area contributed by atoms with Crippen LogP contribution in [0.1, 0.15) is 65.5 Å². The summed E-state index contributed by atoms with van der Waals surface area (Å²) in [5.41, 5.74) is 3.87. The lowest BCUT2D eigenvalue weighted by Gasteiger charge is -2.12. The summed E-state index contributed by atoms with van der Waals surface area (Å²) >= 11 is 0. The average Bonchev–Trinajstić information content (AvgIpc) is 3.22. The summed E-state index contributed by atoms with van der Waals surface area (Å²) in [6.45, 7) is 6.10. The van der Waals surface area contributed by atoms with E-state index in [9.17, 15) is 24.2 Å². The van der Waals surface area contributed by atoms with E-state index in [2.05, 4.69) is 10.4 Å². The number of aliphatic hydroxyl groups is 2. The lowest BCUT2D eigenvalue weighted by molar-refractivity contribution is -0.139. The van der Waals surface area contributed by atoms with Gasteiger partial charge in [0.15, 0.2) is 5.69 Å². The van der Waals surface area contributed by atoms with Gasteiger partial charge >= 0.3 is 5.97 Å². The molecule has 2 aromatic carbocycles. The number of aromatic nitrogens is 2. The van der Waals surface area contributed by atoms with E-state index in [1.807, 2.05) is 45.0 Å².